The van der Waals surface area contributed by atoms with Crippen molar-refractivity contribution in [3.8, 4) is 0 Å². The molecule has 0 spiro atoms. The monoisotopic (exact) mass is 271 g/mol. The minimum Gasteiger partial charge on any atom is -0.367 e. The molecule has 0 aliphatic rings. The van der Waals surface area contributed by atoms with E-state index in [1.807, 2.05) is 11.8 Å². The van der Waals surface area contributed by atoms with Gasteiger partial charge in [-0.05, 0) is 37.0 Å². The maximum atomic E-state index is 5.85. The topological polar surface area (TPSA) is 66.5 Å². The molecule has 1 atom stereocenters. The van der Waals surface area contributed by atoms with Crippen LogP contribution in [0, 0.1) is 0 Å². The van der Waals surface area contributed by atoms with Crippen LogP contribution in [-0.2, 0) is 0 Å². The molecule has 92 valence electrons. The Hall–Kier alpha value is -1.01. The van der Waals surface area contributed by atoms with Crippen LogP contribution in [0.1, 0.15) is 13.3 Å². The highest BCUT2D eigenvalue weighted by molar-refractivity contribution is 7.98. The number of anilines is 1. The van der Waals surface area contributed by atoms with Crippen LogP contribution >= 0.6 is 23.4 Å². The maximum Gasteiger partial charge on any atom is 0.226 e. The molecule has 2 rings (SSSR count). The highest BCUT2D eigenvalue weighted by Gasteiger charge is 2.10. The Morgan fingerprint density at radius 2 is 2.35 bits per heavy atom. The van der Waals surface area contributed by atoms with Crippen molar-refractivity contribution in [3.05, 3.63) is 11.5 Å². The first-order valence-corrected chi connectivity index (χ1v) is 7.10. The molecule has 2 heterocycles. The zero-order chi connectivity index (χ0) is 12.3. The van der Waals surface area contributed by atoms with E-state index in [0.29, 0.717) is 11.7 Å². The van der Waals surface area contributed by atoms with Crippen molar-refractivity contribution in [2.75, 3.05) is 17.3 Å². The quantitative estimate of drug-likeness (QED) is 0.818. The predicted molar refractivity (Wildman–Crippen MR) is 72.8 cm³/mol. The van der Waals surface area contributed by atoms with Crippen LogP contribution in [-0.4, -0.2) is 38.2 Å². The number of aromatic nitrogens is 4. The average Bonchev–Trinajstić information content (AvgIpc) is 2.74. The van der Waals surface area contributed by atoms with Gasteiger partial charge in [0, 0.05) is 6.04 Å². The summed E-state index contributed by atoms with van der Waals surface area (Å²) in [6.07, 6.45) is 4.87. The van der Waals surface area contributed by atoms with Gasteiger partial charge in [0.15, 0.2) is 5.65 Å². The first-order valence-electron chi connectivity index (χ1n) is 5.33. The van der Waals surface area contributed by atoms with Gasteiger partial charge in [-0.15, -0.1) is 0 Å². The lowest BCUT2D eigenvalue weighted by molar-refractivity contribution is 0.768. The average molecular weight is 272 g/mol. The van der Waals surface area contributed by atoms with Crippen LogP contribution in [0.2, 0.25) is 5.28 Å². The summed E-state index contributed by atoms with van der Waals surface area (Å²) in [5.41, 5.74) is 0.657. The van der Waals surface area contributed by atoms with Crippen molar-refractivity contribution < 1.29 is 0 Å². The Morgan fingerprint density at radius 3 is 3.12 bits per heavy atom. The molecule has 5 nitrogen and oxygen atoms in total. The molecule has 0 saturated carbocycles. The number of nitrogens with zero attached hydrogens (tertiary/aromatic N) is 3. The second-order valence-corrected chi connectivity index (χ2v) is 5.12. The fraction of sp³-hybridized carbons (Fsp3) is 0.500. The zero-order valence-corrected chi connectivity index (χ0v) is 11.3. The third-order valence-corrected chi connectivity index (χ3v) is 3.23. The van der Waals surface area contributed by atoms with Crippen molar-refractivity contribution in [2.45, 2.75) is 19.4 Å². The summed E-state index contributed by atoms with van der Waals surface area (Å²) >= 11 is 7.69. The lowest BCUT2D eigenvalue weighted by Gasteiger charge is -2.14. The van der Waals surface area contributed by atoms with E-state index in [9.17, 15) is 0 Å². The van der Waals surface area contributed by atoms with E-state index in [1.54, 1.807) is 6.20 Å². The third kappa shape index (κ3) is 3.01. The van der Waals surface area contributed by atoms with Crippen molar-refractivity contribution in [3.63, 3.8) is 0 Å². The summed E-state index contributed by atoms with van der Waals surface area (Å²) in [4.78, 5) is 8.26. The SMILES string of the molecule is CSCCC(C)Nc1nc(Cl)nc2[nH]ncc12. The molecular formula is C10H14ClN5S. The van der Waals surface area contributed by atoms with Gasteiger partial charge in [0.25, 0.3) is 0 Å². The largest absolute Gasteiger partial charge is 0.367 e. The summed E-state index contributed by atoms with van der Waals surface area (Å²) in [6, 6.07) is 0.339. The molecule has 17 heavy (non-hydrogen) atoms. The highest BCUT2D eigenvalue weighted by Crippen LogP contribution is 2.21. The number of thioether (sulfide) groups is 1. The Kier molecular flexibility index (Phi) is 4.06. The number of H-pyrrole nitrogens is 1. The van der Waals surface area contributed by atoms with Crippen molar-refractivity contribution in [1.29, 1.82) is 0 Å². The minimum atomic E-state index is 0.223. The standard InChI is InChI=1S/C10H14ClN5S/c1-6(3-4-17-2)13-8-7-5-12-16-9(7)15-10(11)14-8/h5-6H,3-4H2,1-2H3,(H2,12,13,14,15,16). The van der Waals surface area contributed by atoms with Gasteiger partial charge in [-0.1, -0.05) is 0 Å². The van der Waals surface area contributed by atoms with E-state index in [-0.39, 0.29) is 5.28 Å². The Balaban J connectivity index is 2.19. The zero-order valence-electron chi connectivity index (χ0n) is 9.70. The summed E-state index contributed by atoms with van der Waals surface area (Å²) in [5.74, 6) is 1.85. The van der Waals surface area contributed by atoms with Crippen LogP contribution in [0.15, 0.2) is 6.20 Å². The number of hydrogen-bond acceptors (Lipinski definition) is 5. The third-order valence-electron chi connectivity index (χ3n) is 2.42. The molecule has 0 aromatic carbocycles. The fourth-order valence-corrected chi connectivity index (χ4v) is 2.28. The van der Waals surface area contributed by atoms with Gasteiger partial charge < -0.3 is 5.32 Å². The number of halogens is 1. The molecule has 2 aromatic rings. The molecule has 0 amide bonds. The predicted octanol–water partition coefficient (Wildman–Crippen LogP) is 2.56. The van der Waals surface area contributed by atoms with Gasteiger partial charge >= 0.3 is 0 Å². The minimum absolute atomic E-state index is 0.223. The van der Waals surface area contributed by atoms with Gasteiger partial charge in [-0.25, -0.2) is 0 Å². The van der Waals surface area contributed by atoms with E-state index < -0.39 is 0 Å². The molecule has 2 aromatic heterocycles. The van der Waals surface area contributed by atoms with E-state index in [4.69, 9.17) is 11.6 Å². The highest BCUT2D eigenvalue weighted by atomic mass is 35.5. The Labute approximate surface area is 109 Å². The maximum absolute atomic E-state index is 5.85. The summed E-state index contributed by atoms with van der Waals surface area (Å²) in [6.45, 7) is 2.12. The Bertz CT molecular complexity index is 500. The summed E-state index contributed by atoms with van der Waals surface area (Å²) in [7, 11) is 0. The molecule has 0 saturated heterocycles. The number of fused-ring (bicyclic) bond motifs is 1. The molecule has 0 bridgehead atoms. The second kappa shape index (κ2) is 5.55. The van der Waals surface area contributed by atoms with Crippen LogP contribution in [0.25, 0.3) is 11.0 Å². The summed E-state index contributed by atoms with van der Waals surface area (Å²) in [5, 5.41) is 11.2. The van der Waals surface area contributed by atoms with Gasteiger partial charge in [0.2, 0.25) is 5.28 Å². The smallest absolute Gasteiger partial charge is 0.226 e. The van der Waals surface area contributed by atoms with E-state index in [1.165, 1.54) is 0 Å². The number of hydrogen-bond donors (Lipinski definition) is 2. The molecule has 0 aliphatic carbocycles. The van der Waals surface area contributed by atoms with E-state index in [0.717, 1.165) is 23.4 Å². The molecule has 2 N–H and O–H groups in total. The van der Waals surface area contributed by atoms with Gasteiger partial charge in [0.1, 0.15) is 5.82 Å². The number of nitrogens with one attached hydrogen (secondary N) is 2. The fourth-order valence-electron chi connectivity index (χ4n) is 1.52. The normalized spacial score (nSPS) is 12.9. The van der Waals surface area contributed by atoms with Crippen LogP contribution in [0.5, 0.6) is 0 Å². The molecule has 1 unspecified atom stereocenters. The number of aromatic amines is 1. The first kappa shape index (κ1) is 12.4. The first-order chi connectivity index (χ1) is 8.20. The van der Waals surface area contributed by atoms with Crippen molar-refractivity contribution in [2.24, 2.45) is 0 Å². The lowest BCUT2D eigenvalue weighted by atomic mass is 10.2. The van der Waals surface area contributed by atoms with Crippen LogP contribution in [0.3, 0.4) is 0 Å². The molecule has 0 radical (unpaired) electrons. The van der Waals surface area contributed by atoms with Crippen molar-refractivity contribution in [1.82, 2.24) is 20.2 Å². The van der Waals surface area contributed by atoms with Crippen LogP contribution in [0.4, 0.5) is 5.82 Å². The number of rotatable bonds is 5. The van der Waals surface area contributed by atoms with E-state index in [2.05, 4.69) is 38.7 Å². The van der Waals surface area contributed by atoms with Crippen molar-refractivity contribution >= 4 is 40.2 Å². The molecule has 7 heteroatoms. The molecule has 0 aliphatic heterocycles. The van der Waals surface area contributed by atoms with Gasteiger partial charge in [0.05, 0.1) is 11.6 Å². The van der Waals surface area contributed by atoms with Crippen LogP contribution < -0.4 is 5.32 Å². The van der Waals surface area contributed by atoms with Gasteiger partial charge in [-0.3, -0.25) is 5.10 Å². The van der Waals surface area contributed by atoms with E-state index >= 15 is 0 Å². The second-order valence-electron chi connectivity index (χ2n) is 3.80. The molecular weight excluding hydrogens is 258 g/mol. The lowest BCUT2D eigenvalue weighted by Crippen LogP contribution is -2.17. The van der Waals surface area contributed by atoms with Gasteiger partial charge in [-0.2, -0.15) is 26.8 Å². The molecule has 0 fully saturated rings. The summed E-state index contributed by atoms with van der Waals surface area (Å²) < 4.78 is 0. The Morgan fingerprint density at radius 1 is 1.53 bits per heavy atom.